The van der Waals surface area contributed by atoms with E-state index in [1.54, 1.807) is 11.3 Å². The Morgan fingerprint density at radius 3 is 3.12 bits per heavy atom. The van der Waals surface area contributed by atoms with Crippen molar-refractivity contribution < 1.29 is 4.79 Å². The second kappa shape index (κ2) is 5.47. The predicted octanol–water partition coefficient (Wildman–Crippen LogP) is 2.48. The average molecular weight is 250 g/mol. The molecule has 0 unspecified atom stereocenters. The van der Waals surface area contributed by atoms with Gasteiger partial charge in [-0.25, -0.2) is 0 Å². The smallest absolute Gasteiger partial charge is 0.261 e. The zero-order valence-electron chi connectivity index (χ0n) is 10.1. The second-order valence-corrected chi connectivity index (χ2v) is 5.61. The van der Waals surface area contributed by atoms with E-state index in [-0.39, 0.29) is 5.91 Å². The van der Waals surface area contributed by atoms with Crippen molar-refractivity contribution in [1.29, 1.82) is 0 Å². The zero-order valence-corrected chi connectivity index (χ0v) is 10.9. The van der Waals surface area contributed by atoms with Crippen LogP contribution in [0, 0.1) is 0 Å². The average Bonchev–Trinajstić information content (AvgIpc) is 2.94. The van der Waals surface area contributed by atoms with Crippen LogP contribution in [-0.4, -0.2) is 19.0 Å². The summed E-state index contributed by atoms with van der Waals surface area (Å²) in [4.78, 5) is 13.9. The highest BCUT2D eigenvalue weighted by atomic mass is 32.1. The molecule has 1 atom stereocenters. The fourth-order valence-corrected chi connectivity index (χ4v) is 2.94. The van der Waals surface area contributed by atoms with Gasteiger partial charge in [-0.3, -0.25) is 4.79 Å². The summed E-state index contributed by atoms with van der Waals surface area (Å²) in [6, 6.07) is 4.42. The molecule has 3 nitrogen and oxygen atoms in total. The molecule has 1 amide bonds. The molecule has 2 heterocycles. The lowest BCUT2D eigenvalue weighted by Crippen LogP contribution is -2.23. The maximum Gasteiger partial charge on any atom is 0.261 e. The molecule has 17 heavy (non-hydrogen) atoms. The van der Waals surface area contributed by atoms with Gasteiger partial charge in [0.25, 0.3) is 5.91 Å². The van der Waals surface area contributed by atoms with Crippen LogP contribution in [0.25, 0.3) is 0 Å². The molecule has 1 saturated heterocycles. The summed E-state index contributed by atoms with van der Waals surface area (Å²) in [5.41, 5.74) is 0.965. The number of thiophene rings is 1. The van der Waals surface area contributed by atoms with Gasteiger partial charge in [-0.05, 0) is 38.4 Å². The third-order valence-electron chi connectivity index (χ3n) is 2.81. The zero-order chi connectivity index (χ0) is 12.3. The third kappa shape index (κ3) is 3.17. The lowest BCUT2D eigenvalue weighted by molar-refractivity contribution is 0.0961. The Kier molecular flexibility index (Phi) is 3.97. The van der Waals surface area contributed by atoms with E-state index in [4.69, 9.17) is 0 Å². The molecule has 0 aromatic carbocycles. The minimum absolute atomic E-state index is 0.00208. The van der Waals surface area contributed by atoms with Crippen molar-refractivity contribution in [2.24, 2.45) is 0 Å². The summed E-state index contributed by atoms with van der Waals surface area (Å²) < 4.78 is 0. The molecule has 1 aromatic heterocycles. The molecular formula is C13H18N2OS. The highest BCUT2D eigenvalue weighted by molar-refractivity contribution is 7.14. The Bertz CT molecular complexity index is 419. The van der Waals surface area contributed by atoms with E-state index in [1.807, 2.05) is 13.0 Å². The Balaban J connectivity index is 1.97. The summed E-state index contributed by atoms with van der Waals surface area (Å²) in [5, 5.41) is 6.29. The molecule has 1 fully saturated rings. The lowest BCUT2D eigenvalue weighted by atomic mass is 10.2. The summed E-state index contributed by atoms with van der Waals surface area (Å²) >= 11 is 1.59. The van der Waals surface area contributed by atoms with Crippen LogP contribution in [0.4, 0.5) is 0 Å². The molecule has 1 aliphatic rings. The molecule has 92 valence electrons. The van der Waals surface area contributed by atoms with Crippen LogP contribution in [-0.2, 0) is 0 Å². The molecular weight excluding hydrogens is 232 g/mol. The van der Waals surface area contributed by atoms with Crippen LogP contribution in [0.3, 0.4) is 0 Å². The summed E-state index contributed by atoms with van der Waals surface area (Å²) in [6.45, 7) is 7.31. The molecule has 0 bridgehead atoms. The predicted molar refractivity (Wildman–Crippen MR) is 71.4 cm³/mol. The van der Waals surface area contributed by atoms with Crippen LogP contribution in [0.5, 0.6) is 0 Å². The van der Waals surface area contributed by atoms with Gasteiger partial charge >= 0.3 is 0 Å². The van der Waals surface area contributed by atoms with Gasteiger partial charge in [-0.1, -0.05) is 12.2 Å². The molecule has 4 heteroatoms. The first kappa shape index (κ1) is 12.3. The second-order valence-electron chi connectivity index (χ2n) is 4.49. The summed E-state index contributed by atoms with van der Waals surface area (Å²) in [6.07, 6.45) is 2.40. The van der Waals surface area contributed by atoms with Crippen molar-refractivity contribution in [3.63, 3.8) is 0 Å². The van der Waals surface area contributed by atoms with Crippen molar-refractivity contribution in [3.05, 3.63) is 34.0 Å². The van der Waals surface area contributed by atoms with Gasteiger partial charge in [-0.2, -0.15) is 0 Å². The van der Waals surface area contributed by atoms with Crippen molar-refractivity contribution in [3.8, 4) is 0 Å². The normalized spacial score (nSPS) is 19.2. The quantitative estimate of drug-likeness (QED) is 0.806. The van der Waals surface area contributed by atoms with E-state index >= 15 is 0 Å². The van der Waals surface area contributed by atoms with Gasteiger partial charge in [0, 0.05) is 17.5 Å². The van der Waals surface area contributed by atoms with E-state index < -0.39 is 0 Å². The van der Waals surface area contributed by atoms with Gasteiger partial charge in [0.2, 0.25) is 0 Å². The summed E-state index contributed by atoms with van der Waals surface area (Å²) in [5.74, 6) is 0.00208. The fourth-order valence-electron chi connectivity index (χ4n) is 1.91. The highest BCUT2D eigenvalue weighted by Crippen LogP contribution is 2.29. The largest absolute Gasteiger partial charge is 0.348 e. The maximum absolute atomic E-state index is 11.8. The number of amides is 1. The monoisotopic (exact) mass is 250 g/mol. The van der Waals surface area contributed by atoms with E-state index in [9.17, 15) is 4.79 Å². The first-order chi connectivity index (χ1) is 8.16. The van der Waals surface area contributed by atoms with E-state index in [1.165, 1.54) is 17.7 Å². The van der Waals surface area contributed by atoms with Crippen LogP contribution < -0.4 is 10.6 Å². The number of carbonyl (C=O) groups is 1. The molecule has 0 radical (unpaired) electrons. The number of carbonyl (C=O) groups excluding carboxylic acids is 1. The van der Waals surface area contributed by atoms with E-state index in [0.717, 1.165) is 17.0 Å². The van der Waals surface area contributed by atoms with Gasteiger partial charge in [-0.15, -0.1) is 11.3 Å². The van der Waals surface area contributed by atoms with Crippen LogP contribution in [0.15, 0.2) is 24.3 Å². The third-order valence-corrected chi connectivity index (χ3v) is 4.00. The Morgan fingerprint density at radius 1 is 1.65 bits per heavy atom. The molecule has 0 aliphatic carbocycles. The van der Waals surface area contributed by atoms with E-state index in [0.29, 0.717) is 12.6 Å². The Hall–Kier alpha value is -1.13. The van der Waals surface area contributed by atoms with Gasteiger partial charge in [0.05, 0.1) is 4.88 Å². The molecule has 0 saturated carbocycles. The molecule has 2 rings (SSSR count). The summed E-state index contributed by atoms with van der Waals surface area (Å²) in [7, 11) is 0. The standard InChI is InChI=1S/C13H18N2OS/c1-9(2)8-15-13(16)12-6-5-11(17-12)10-4-3-7-14-10/h5-6,10,14H,1,3-4,7-8H2,2H3,(H,15,16)/t10-/m1/s1. The van der Waals surface area contributed by atoms with Gasteiger partial charge in [0.15, 0.2) is 0 Å². The van der Waals surface area contributed by atoms with Crippen molar-refractivity contribution in [2.75, 3.05) is 13.1 Å². The SMILES string of the molecule is C=C(C)CNC(=O)c1ccc([C@H]2CCCN2)s1. The minimum atomic E-state index is 0.00208. The van der Waals surface area contributed by atoms with Crippen molar-refractivity contribution >= 4 is 17.2 Å². The van der Waals surface area contributed by atoms with Crippen LogP contribution >= 0.6 is 11.3 Å². The van der Waals surface area contributed by atoms with Gasteiger partial charge in [0.1, 0.15) is 0 Å². The Labute approximate surface area is 106 Å². The molecule has 2 N–H and O–H groups in total. The minimum Gasteiger partial charge on any atom is -0.348 e. The lowest BCUT2D eigenvalue weighted by Gasteiger charge is -2.06. The fraction of sp³-hybridized carbons (Fsp3) is 0.462. The van der Waals surface area contributed by atoms with E-state index in [2.05, 4.69) is 23.3 Å². The Morgan fingerprint density at radius 2 is 2.47 bits per heavy atom. The van der Waals surface area contributed by atoms with Crippen LogP contribution in [0.1, 0.15) is 40.4 Å². The highest BCUT2D eigenvalue weighted by Gasteiger charge is 2.19. The maximum atomic E-state index is 11.8. The first-order valence-corrected chi connectivity index (χ1v) is 6.74. The van der Waals surface area contributed by atoms with Crippen LogP contribution in [0.2, 0.25) is 0 Å². The van der Waals surface area contributed by atoms with Gasteiger partial charge < -0.3 is 10.6 Å². The number of nitrogens with one attached hydrogen (secondary N) is 2. The van der Waals surface area contributed by atoms with Crippen molar-refractivity contribution in [1.82, 2.24) is 10.6 Å². The molecule has 0 spiro atoms. The molecule has 1 aromatic rings. The number of hydrogen-bond acceptors (Lipinski definition) is 3. The first-order valence-electron chi connectivity index (χ1n) is 5.92. The topological polar surface area (TPSA) is 41.1 Å². The van der Waals surface area contributed by atoms with Crippen molar-refractivity contribution in [2.45, 2.75) is 25.8 Å². The number of rotatable bonds is 4. The molecule has 1 aliphatic heterocycles. The number of hydrogen-bond donors (Lipinski definition) is 2.